The second-order valence-corrected chi connectivity index (χ2v) is 8.98. The minimum atomic E-state index is -4.17. The van der Waals surface area contributed by atoms with Crippen LogP contribution >= 0.6 is 0 Å². The Morgan fingerprint density at radius 2 is 1.79 bits per heavy atom. The highest BCUT2D eigenvalue weighted by atomic mass is 32.2. The normalized spacial score (nSPS) is 16.8. The fourth-order valence-electron chi connectivity index (χ4n) is 3.37. The molecule has 2 aromatic carbocycles. The summed E-state index contributed by atoms with van der Waals surface area (Å²) in [5, 5.41) is 2.74. The van der Waals surface area contributed by atoms with Gasteiger partial charge < -0.3 is 10.1 Å². The molecule has 3 rings (SSSR count). The van der Waals surface area contributed by atoms with Crippen molar-refractivity contribution >= 4 is 27.5 Å². The maximum absolute atomic E-state index is 13.1. The summed E-state index contributed by atoms with van der Waals surface area (Å²) in [6, 6.07) is 8.71. The third-order valence-electron chi connectivity index (χ3n) is 5.16. The fraction of sp³-hybridized carbons (Fsp3) is 0.333. The predicted octanol–water partition coefficient (Wildman–Crippen LogP) is 2.94. The number of ether oxygens (including phenoxy) is 1. The van der Waals surface area contributed by atoms with E-state index in [1.54, 1.807) is 13.0 Å². The fourth-order valence-corrected chi connectivity index (χ4v) is 5.06. The van der Waals surface area contributed by atoms with Crippen molar-refractivity contribution in [3.63, 3.8) is 0 Å². The first-order valence-electron chi connectivity index (χ1n) is 9.25. The molecule has 1 saturated heterocycles. The molecule has 1 N–H and O–H groups in total. The largest absolute Gasteiger partial charge is 0.496 e. The van der Waals surface area contributed by atoms with Gasteiger partial charge in [0.05, 0.1) is 12.0 Å². The Morgan fingerprint density at radius 3 is 2.41 bits per heavy atom. The third kappa shape index (κ3) is 3.98. The van der Waals surface area contributed by atoms with E-state index in [-0.39, 0.29) is 17.7 Å². The van der Waals surface area contributed by atoms with Crippen LogP contribution in [0.1, 0.15) is 29.5 Å². The Hall–Kier alpha value is -2.87. The lowest BCUT2D eigenvalue weighted by molar-refractivity contribution is -0.128. The molecule has 1 aliphatic rings. The minimum Gasteiger partial charge on any atom is -0.496 e. The highest BCUT2D eigenvalue weighted by Crippen LogP contribution is 2.30. The van der Waals surface area contributed by atoms with Crippen LogP contribution < -0.4 is 10.1 Å². The maximum Gasteiger partial charge on any atom is 0.267 e. The molecule has 0 radical (unpaired) electrons. The number of carbonyl (C=O) groups is 2. The number of hydrogen-bond donors (Lipinski definition) is 1. The van der Waals surface area contributed by atoms with Gasteiger partial charge in [0.25, 0.3) is 10.0 Å². The van der Waals surface area contributed by atoms with Crippen LogP contribution in [0.25, 0.3) is 0 Å². The van der Waals surface area contributed by atoms with Gasteiger partial charge in [-0.2, -0.15) is 0 Å². The summed E-state index contributed by atoms with van der Waals surface area (Å²) in [7, 11) is -2.68. The number of amides is 2. The topological polar surface area (TPSA) is 92.8 Å². The second kappa shape index (κ2) is 7.87. The van der Waals surface area contributed by atoms with Crippen molar-refractivity contribution in [1.82, 2.24) is 4.31 Å². The minimum absolute atomic E-state index is 0.000616. The molecule has 0 aliphatic carbocycles. The van der Waals surface area contributed by atoms with Crippen LogP contribution in [-0.4, -0.2) is 37.7 Å². The lowest BCUT2D eigenvalue weighted by Crippen LogP contribution is -2.45. The number of sulfonamides is 1. The Bertz CT molecular complexity index is 1080. The van der Waals surface area contributed by atoms with E-state index in [1.165, 1.54) is 25.3 Å². The van der Waals surface area contributed by atoms with Gasteiger partial charge in [-0.1, -0.05) is 6.07 Å². The summed E-state index contributed by atoms with van der Waals surface area (Å²) < 4.78 is 32.2. The first kappa shape index (κ1) is 20.9. The van der Waals surface area contributed by atoms with Crippen molar-refractivity contribution in [2.75, 3.05) is 12.4 Å². The van der Waals surface area contributed by atoms with Gasteiger partial charge in [-0.3, -0.25) is 9.59 Å². The van der Waals surface area contributed by atoms with Crippen molar-refractivity contribution in [3.05, 3.63) is 53.1 Å². The Kier molecular flexibility index (Phi) is 5.66. The highest BCUT2D eigenvalue weighted by molar-refractivity contribution is 7.89. The number of benzene rings is 2. The molecule has 0 unspecified atom stereocenters. The number of anilines is 1. The van der Waals surface area contributed by atoms with Crippen LogP contribution in [0.15, 0.2) is 41.3 Å². The van der Waals surface area contributed by atoms with Gasteiger partial charge in [0.15, 0.2) is 0 Å². The molecule has 0 saturated carbocycles. The molecule has 1 atom stereocenters. The lowest BCUT2D eigenvalue weighted by Gasteiger charge is -2.24. The van der Waals surface area contributed by atoms with E-state index in [0.29, 0.717) is 21.3 Å². The average molecular weight is 416 g/mol. The molecule has 0 spiro atoms. The van der Waals surface area contributed by atoms with E-state index in [2.05, 4.69) is 5.32 Å². The number of carbonyl (C=O) groups excluding carboxylic acids is 2. The van der Waals surface area contributed by atoms with Crippen molar-refractivity contribution in [2.24, 2.45) is 0 Å². The van der Waals surface area contributed by atoms with E-state index in [9.17, 15) is 18.0 Å². The SMILES string of the molecule is COc1ccc(S(=O)(=O)N2C(=O)CC[C@H]2C(=O)Nc2ccc(C)c(C)c2)cc1C. The molecule has 1 fully saturated rings. The van der Waals surface area contributed by atoms with Crippen molar-refractivity contribution < 1.29 is 22.7 Å². The van der Waals surface area contributed by atoms with Crippen LogP contribution in [0.4, 0.5) is 5.69 Å². The number of rotatable bonds is 5. The summed E-state index contributed by atoms with van der Waals surface area (Å²) in [6.07, 6.45) is 0.142. The number of nitrogens with zero attached hydrogens (tertiary/aromatic N) is 1. The predicted molar refractivity (Wildman–Crippen MR) is 109 cm³/mol. The van der Waals surface area contributed by atoms with E-state index >= 15 is 0 Å². The summed E-state index contributed by atoms with van der Waals surface area (Å²) in [6.45, 7) is 5.60. The lowest BCUT2D eigenvalue weighted by atomic mass is 10.1. The summed E-state index contributed by atoms with van der Waals surface area (Å²) in [4.78, 5) is 25.2. The van der Waals surface area contributed by atoms with Crippen molar-refractivity contribution in [2.45, 2.75) is 44.6 Å². The quantitative estimate of drug-likeness (QED) is 0.809. The van der Waals surface area contributed by atoms with Crippen molar-refractivity contribution in [1.29, 1.82) is 0 Å². The van der Waals surface area contributed by atoms with Gasteiger partial charge in [-0.15, -0.1) is 0 Å². The van der Waals surface area contributed by atoms with E-state index in [4.69, 9.17) is 4.74 Å². The van der Waals surface area contributed by atoms with Gasteiger partial charge in [0.2, 0.25) is 11.8 Å². The first-order valence-corrected chi connectivity index (χ1v) is 10.7. The molecule has 1 aliphatic heterocycles. The van der Waals surface area contributed by atoms with Crippen LogP contribution in [0.3, 0.4) is 0 Å². The van der Waals surface area contributed by atoms with Gasteiger partial charge in [-0.25, -0.2) is 12.7 Å². The molecular formula is C21H24N2O5S. The van der Waals surface area contributed by atoms with Gasteiger partial charge in [-0.05, 0) is 74.2 Å². The van der Waals surface area contributed by atoms with Gasteiger partial charge in [0.1, 0.15) is 11.8 Å². The van der Waals surface area contributed by atoms with Crippen LogP contribution in [0.5, 0.6) is 5.75 Å². The molecule has 2 amide bonds. The zero-order valence-electron chi connectivity index (χ0n) is 16.9. The molecule has 0 bridgehead atoms. The molecule has 29 heavy (non-hydrogen) atoms. The average Bonchev–Trinajstić information content (AvgIpc) is 3.07. The van der Waals surface area contributed by atoms with E-state index in [1.807, 2.05) is 26.0 Å². The molecule has 0 aromatic heterocycles. The highest BCUT2D eigenvalue weighted by Gasteiger charge is 2.44. The summed E-state index contributed by atoms with van der Waals surface area (Å²) in [5.41, 5.74) is 3.27. The van der Waals surface area contributed by atoms with E-state index in [0.717, 1.165) is 11.1 Å². The number of methoxy groups -OCH3 is 1. The maximum atomic E-state index is 13.1. The first-order chi connectivity index (χ1) is 13.6. The summed E-state index contributed by atoms with van der Waals surface area (Å²) >= 11 is 0. The zero-order chi connectivity index (χ0) is 21.3. The van der Waals surface area contributed by atoms with Gasteiger partial charge >= 0.3 is 0 Å². The molecule has 8 heteroatoms. The molecular weight excluding hydrogens is 392 g/mol. The third-order valence-corrected chi connectivity index (χ3v) is 6.99. The molecule has 2 aromatic rings. The Morgan fingerprint density at radius 1 is 1.07 bits per heavy atom. The molecule has 1 heterocycles. The monoisotopic (exact) mass is 416 g/mol. The van der Waals surface area contributed by atoms with Crippen LogP contribution in [0, 0.1) is 20.8 Å². The van der Waals surface area contributed by atoms with Crippen molar-refractivity contribution in [3.8, 4) is 5.75 Å². The Balaban J connectivity index is 1.90. The van der Waals surface area contributed by atoms with Gasteiger partial charge in [0, 0.05) is 12.1 Å². The number of nitrogens with one attached hydrogen (secondary N) is 1. The van der Waals surface area contributed by atoms with E-state index < -0.39 is 27.9 Å². The van der Waals surface area contributed by atoms with Crippen LogP contribution in [0.2, 0.25) is 0 Å². The van der Waals surface area contributed by atoms with Crippen LogP contribution in [-0.2, 0) is 19.6 Å². The number of aryl methyl sites for hydroxylation is 3. The summed E-state index contributed by atoms with van der Waals surface area (Å²) in [5.74, 6) is -0.563. The zero-order valence-corrected chi connectivity index (χ0v) is 17.7. The Labute approximate surface area is 170 Å². The number of hydrogen-bond acceptors (Lipinski definition) is 5. The molecule has 7 nitrogen and oxygen atoms in total. The smallest absolute Gasteiger partial charge is 0.267 e. The second-order valence-electron chi connectivity index (χ2n) is 7.17. The standard InChI is InChI=1S/C21H24N2O5S/c1-13-5-6-16(11-14(13)2)22-21(25)18-8-10-20(24)23(18)29(26,27)17-7-9-19(28-4)15(3)12-17/h5-7,9,11-12,18H,8,10H2,1-4H3,(H,22,25)/t18-/m0/s1. The molecule has 154 valence electrons.